The Morgan fingerprint density at radius 3 is 3.24 bits per heavy atom. The Hall–Kier alpha value is -1.46. The molecule has 1 fully saturated rings. The van der Waals surface area contributed by atoms with E-state index in [0.717, 1.165) is 37.1 Å². The Kier molecular flexibility index (Phi) is 2.78. The van der Waals surface area contributed by atoms with Crippen molar-refractivity contribution in [3.63, 3.8) is 0 Å². The third-order valence-electron chi connectivity index (χ3n) is 3.42. The summed E-state index contributed by atoms with van der Waals surface area (Å²) in [5.74, 6) is 0.386. The van der Waals surface area contributed by atoms with Crippen LogP contribution < -0.4 is 5.73 Å². The smallest absolute Gasteiger partial charge is 0.0892 e. The third-order valence-corrected chi connectivity index (χ3v) is 3.42. The van der Waals surface area contributed by atoms with Gasteiger partial charge in [0.15, 0.2) is 0 Å². The minimum absolute atomic E-state index is 0.0167. The van der Waals surface area contributed by atoms with Crippen LogP contribution in [0, 0.1) is 5.92 Å². The predicted octanol–water partition coefficient (Wildman–Crippen LogP) is 1.16. The molecule has 90 valence electrons. The highest BCUT2D eigenvalue weighted by Gasteiger charge is 2.24. The molecule has 2 aromatic heterocycles. The molecule has 2 aromatic rings. The lowest BCUT2D eigenvalue weighted by Crippen LogP contribution is -2.28. The fraction of sp³-hybridized carbons (Fsp3) is 0.500. The molecule has 1 aliphatic rings. The fourth-order valence-electron chi connectivity index (χ4n) is 2.41. The van der Waals surface area contributed by atoms with Gasteiger partial charge in [0.1, 0.15) is 0 Å². The van der Waals surface area contributed by atoms with Gasteiger partial charge in [0.2, 0.25) is 0 Å². The first-order chi connectivity index (χ1) is 8.36. The molecule has 0 spiro atoms. The van der Waals surface area contributed by atoms with E-state index >= 15 is 0 Å². The van der Waals surface area contributed by atoms with Gasteiger partial charge in [-0.05, 0) is 12.8 Å². The van der Waals surface area contributed by atoms with E-state index < -0.39 is 0 Å². The Morgan fingerprint density at radius 2 is 2.41 bits per heavy atom. The van der Waals surface area contributed by atoms with Gasteiger partial charge in [-0.3, -0.25) is 4.98 Å². The molecule has 3 rings (SSSR count). The topological polar surface area (TPSA) is 65.4 Å². The lowest BCUT2D eigenvalue weighted by Gasteiger charge is -2.27. The van der Waals surface area contributed by atoms with Crippen molar-refractivity contribution < 1.29 is 4.74 Å². The molecule has 0 amide bonds. The Balaban J connectivity index is 1.92. The van der Waals surface area contributed by atoms with Crippen molar-refractivity contribution >= 4 is 5.52 Å². The maximum absolute atomic E-state index is 6.32. The quantitative estimate of drug-likeness (QED) is 0.843. The van der Waals surface area contributed by atoms with Crippen LogP contribution in [0.3, 0.4) is 0 Å². The van der Waals surface area contributed by atoms with Gasteiger partial charge in [-0.25, -0.2) is 4.52 Å². The van der Waals surface area contributed by atoms with Gasteiger partial charge in [-0.1, -0.05) is 0 Å². The first-order valence-corrected chi connectivity index (χ1v) is 5.97. The minimum atomic E-state index is -0.0167. The van der Waals surface area contributed by atoms with E-state index in [1.165, 1.54) is 0 Å². The largest absolute Gasteiger partial charge is 0.381 e. The monoisotopic (exact) mass is 232 g/mol. The highest BCUT2D eigenvalue weighted by Crippen LogP contribution is 2.28. The summed E-state index contributed by atoms with van der Waals surface area (Å²) >= 11 is 0. The van der Waals surface area contributed by atoms with E-state index in [0.29, 0.717) is 5.92 Å². The van der Waals surface area contributed by atoms with Crippen LogP contribution >= 0.6 is 0 Å². The van der Waals surface area contributed by atoms with E-state index in [4.69, 9.17) is 10.5 Å². The predicted molar refractivity (Wildman–Crippen MR) is 63.5 cm³/mol. The van der Waals surface area contributed by atoms with Crippen LogP contribution in [0.15, 0.2) is 24.8 Å². The van der Waals surface area contributed by atoms with Crippen LogP contribution in [0.25, 0.3) is 5.52 Å². The lowest BCUT2D eigenvalue weighted by atomic mass is 9.90. The van der Waals surface area contributed by atoms with Crippen LogP contribution in [0.4, 0.5) is 0 Å². The van der Waals surface area contributed by atoms with Gasteiger partial charge in [0.25, 0.3) is 0 Å². The van der Waals surface area contributed by atoms with E-state index in [-0.39, 0.29) is 6.04 Å². The van der Waals surface area contributed by atoms with Crippen LogP contribution in [0.1, 0.15) is 24.4 Å². The summed E-state index contributed by atoms with van der Waals surface area (Å²) in [4.78, 5) is 4.13. The molecule has 0 radical (unpaired) electrons. The van der Waals surface area contributed by atoms with Crippen molar-refractivity contribution in [3.05, 3.63) is 30.4 Å². The molecule has 1 aliphatic heterocycles. The van der Waals surface area contributed by atoms with E-state index in [2.05, 4.69) is 10.1 Å². The van der Waals surface area contributed by atoms with Gasteiger partial charge >= 0.3 is 0 Å². The molecule has 0 aromatic carbocycles. The average Bonchev–Trinajstić information content (AvgIpc) is 2.83. The summed E-state index contributed by atoms with van der Waals surface area (Å²) in [7, 11) is 0. The molecule has 0 bridgehead atoms. The number of rotatable bonds is 2. The van der Waals surface area contributed by atoms with E-state index in [1.54, 1.807) is 6.20 Å². The summed E-state index contributed by atoms with van der Waals surface area (Å²) in [5, 5.41) is 4.29. The Labute approximate surface area is 99.6 Å². The van der Waals surface area contributed by atoms with Crippen molar-refractivity contribution in [2.75, 3.05) is 13.2 Å². The number of ether oxygens (including phenoxy) is 1. The summed E-state index contributed by atoms with van der Waals surface area (Å²) < 4.78 is 7.30. The molecule has 0 saturated carbocycles. The van der Waals surface area contributed by atoms with Gasteiger partial charge in [0.05, 0.1) is 24.5 Å². The van der Waals surface area contributed by atoms with Crippen LogP contribution in [0.2, 0.25) is 0 Å². The summed E-state index contributed by atoms with van der Waals surface area (Å²) in [6.45, 7) is 1.61. The second kappa shape index (κ2) is 4.43. The molecule has 2 atom stereocenters. The first kappa shape index (κ1) is 10.7. The van der Waals surface area contributed by atoms with Gasteiger partial charge in [-0.15, -0.1) is 0 Å². The van der Waals surface area contributed by atoms with Crippen LogP contribution in [-0.2, 0) is 4.74 Å². The summed E-state index contributed by atoms with van der Waals surface area (Å²) in [6, 6.07) is -0.0167. The van der Waals surface area contributed by atoms with Crippen LogP contribution in [0.5, 0.6) is 0 Å². The standard InChI is InChI=1S/C12H16N4O/c13-12(9-2-1-5-17-8-9)10-6-15-16-4-3-14-7-11(10)16/h3-4,6-7,9,12H,1-2,5,8,13H2. The molecule has 5 heteroatoms. The zero-order chi connectivity index (χ0) is 11.7. The molecule has 3 heterocycles. The number of hydrogen-bond acceptors (Lipinski definition) is 4. The van der Waals surface area contributed by atoms with Gasteiger partial charge in [-0.2, -0.15) is 5.10 Å². The molecule has 17 heavy (non-hydrogen) atoms. The van der Waals surface area contributed by atoms with Crippen molar-refractivity contribution in [2.45, 2.75) is 18.9 Å². The second-order valence-corrected chi connectivity index (χ2v) is 4.51. The van der Waals surface area contributed by atoms with Gasteiger partial charge in [0, 0.05) is 36.5 Å². The number of hydrogen-bond donors (Lipinski definition) is 1. The third kappa shape index (κ3) is 1.92. The number of nitrogens with zero attached hydrogens (tertiary/aromatic N) is 3. The Bertz CT molecular complexity index is 504. The zero-order valence-electron chi connectivity index (χ0n) is 9.62. The number of aromatic nitrogens is 3. The first-order valence-electron chi connectivity index (χ1n) is 5.97. The van der Waals surface area contributed by atoms with Crippen molar-refractivity contribution in [1.29, 1.82) is 0 Å². The molecule has 1 saturated heterocycles. The highest BCUT2D eigenvalue weighted by molar-refractivity contribution is 5.53. The lowest BCUT2D eigenvalue weighted by molar-refractivity contribution is 0.0449. The fourth-order valence-corrected chi connectivity index (χ4v) is 2.41. The molecule has 2 unspecified atom stereocenters. The highest BCUT2D eigenvalue weighted by atomic mass is 16.5. The maximum Gasteiger partial charge on any atom is 0.0892 e. The average molecular weight is 232 g/mol. The van der Waals surface area contributed by atoms with Crippen molar-refractivity contribution in [3.8, 4) is 0 Å². The SMILES string of the molecule is NC(c1cnn2ccncc12)C1CCCOC1. The summed E-state index contributed by atoms with van der Waals surface area (Å²) in [6.07, 6.45) is 9.43. The Morgan fingerprint density at radius 1 is 1.47 bits per heavy atom. The molecular weight excluding hydrogens is 216 g/mol. The van der Waals surface area contributed by atoms with E-state index in [1.807, 2.05) is 23.1 Å². The molecule has 5 nitrogen and oxygen atoms in total. The van der Waals surface area contributed by atoms with E-state index in [9.17, 15) is 0 Å². The van der Waals surface area contributed by atoms with Gasteiger partial charge < -0.3 is 10.5 Å². The number of fused-ring (bicyclic) bond motifs is 1. The number of nitrogens with two attached hydrogens (primary N) is 1. The van der Waals surface area contributed by atoms with Crippen LogP contribution in [-0.4, -0.2) is 27.8 Å². The van der Waals surface area contributed by atoms with Crippen molar-refractivity contribution in [2.24, 2.45) is 11.7 Å². The normalized spacial score (nSPS) is 22.8. The summed E-state index contributed by atoms with van der Waals surface area (Å²) in [5.41, 5.74) is 8.37. The molecular formula is C12H16N4O. The minimum Gasteiger partial charge on any atom is -0.381 e. The molecule has 2 N–H and O–H groups in total. The second-order valence-electron chi connectivity index (χ2n) is 4.51. The molecule has 0 aliphatic carbocycles. The maximum atomic E-state index is 6.32. The zero-order valence-corrected chi connectivity index (χ0v) is 9.62. The van der Waals surface area contributed by atoms with Crippen molar-refractivity contribution in [1.82, 2.24) is 14.6 Å².